The molecule has 22 heavy (non-hydrogen) atoms. The molecule has 1 atom stereocenters. The maximum absolute atomic E-state index is 10.8. The van der Waals surface area contributed by atoms with Crippen molar-refractivity contribution in [2.45, 2.75) is 19.8 Å². The van der Waals surface area contributed by atoms with Crippen molar-refractivity contribution in [1.29, 1.82) is 0 Å². The predicted octanol–water partition coefficient (Wildman–Crippen LogP) is 3.05. The Kier molecular flexibility index (Phi) is 9.13. The molecule has 1 heterocycles. The molecule has 0 radical (unpaired) electrons. The third-order valence-electron chi connectivity index (χ3n) is 3.82. The Morgan fingerprint density at radius 3 is 2.86 bits per heavy atom. The number of hydrogen-bond donors (Lipinski definition) is 0. The van der Waals surface area contributed by atoms with Crippen LogP contribution < -0.4 is 4.74 Å². The molecule has 1 aromatic rings. The second-order valence-corrected chi connectivity index (χ2v) is 5.66. The van der Waals surface area contributed by atoms with Gasteiger partial charge in [0.05, 0.1) is 18.8 Å². The number of rotatable bonds is 8. The van der Waals surface area contributed by atoms with Crippen LogP contribution in [0.4, 0.5) is 0 Å². The lowest BCUT2D eigenvalue weighted by molar-refractivity contribution is 0.0686. The van der Waals surface area contributed by atoms with E-state index in [0.717, 1.165) is 25.4 Å². The van der Waals surface area contributed by atoms with Gasteiger partial charge >= 0.3 is 0 Å². The molecule has 4 nitrogen and oxygen atoms in total. The maximum atomic E-state index is 10.8. The van der Waals surface area contributed by atoms with E-state index < -0.39 is 0 Å². The van der Waals surface area contributed by atoms with E-state index in [2.05, 4.69) is 11.8 Å². The molecule has 0 bridgehead atoms. The van der Waals surface area contributed by atoms with Crippen LogP contribution in [0.15, 0.2) is 24.3 Å². The summed E-state index contributed by atoms with van der Waals surface area (Å²) in [6.07, 6.45) is 3.46. The summed E-state index contributed by atoms with van der Waals surface area (Å²) in [6, 6.07) is 7.24. The molecule has 2 rings (SSSR count). The van der Waals surface area contributed by atoms with Crippen molar-refractivity contribution in [3.8, 4) is 5.75 Å². The molecule has 0 saturated carbocycles. The summed E-state index contributed by atoms with van der Waals surface area (Å²) in [6.45, 7) is 7.45. The maximum Gasteiger partial charge on any atom is 0.153 e. The number of hydrogen-bond acceptors (Lipinski definition) is 4. The fourth-order valence-corrected chi connectivity index (χ4v) is 2.71. The lowest BCUT2D eigenvalue weighted by atomic mass is 10.0. The molecule has 1 aliphatic rings. The van der Waals surface area contributed by atoms with Crippen molar-refractivity contribution in [2.75, 3.05) is 39.5 Å². The van der Waals surface area contributed by atoms with Crippen LogP contribution in [0.2, 0.25) is 0 Å². The van der Waals surface area contributed by atoms with Gasteiger partial charge < -0.3 is 14.4 Å². The summed E-state index contributed by atoms with van der Waals surface area (Å²) in [5.41, 5.74) is 0.583. The van der Waals surface area contributed by atoms with Gasteiger partial charge in [-0.05, 0) is 37.4 Å². The van der Waals surface area contributed by atoms with Gasteiger partial charge in [-0.25, -0.2) is 0 Å². The van der Waals surface area contributed by atoms with Crippen molar-refractivity contribution < 1.29 is 14.3 Å². The molecule has 0 aromatic heterocycles. The van der Waals surface area contributed by atoms with Crippen LogP contribution >= 0.6 is 12.4 Å². The topological polar surface area (TPSA) is 38.8 Å². The fraction of sp³-hybridized carbons (Fsp3) is 0.588. The van der Waals surface area contributed by atoms with Gasteiger partial charge in [0.15, 0.2) is 6.29 Å². The first-order valence-corrected chi connectivity index (χ1v) is 7.76. The van der Waals surface area contributed by atoms with Gasteiger partial charge in [0.25, 0.3) is 0 Å². The molecule has 124 valence electrons. The van der Waals surface area contributed by atoms with Crippen molar-refractivity contribution >= 4 is 18.7 Å². The first kappa shape index (κ1) is 18.9. The Balaban J connectivity index is 0.00000242. The zero-order valence-electron chi connectivity index (χ0n) is 13.2. The minimum absolute atomic E-state index is 0. The molecule has 0 N–H and O–H groups in total. The summed E-state index contributed by atoms with van der Waals surface area (Å²) >= 11 is 0. The number of carbonyl (C=O) groups excluding carboxylic acids is 1. The van der Waals surface area contributed by atoms with Gasteiger partial charge in [-0.2, -0.15) is 0 Å². The molecule has 1 saturated heterocycles. The van der Waals surface area contributed by atoms with Gasteiger partial charge in [-0.15, -0.1) is 12.4 Å². The largest absolute Gasteiger partial charge is 0.490 e. The molecule has 1 fully saturated rings. The van der Waals surface area contributed by atoms with Gasteiger partial charge in [0.2, 0.25) is 0 Å². The number of para-hydroxylation sites is 1. The van der Waals surface area contributed by atoms with Gasteiger partial charge in [0, 0.05) is 13.1 Å². The normalized spacial score (nSPS) is 18.5. The first-order chi connectivity index (χ1) is 10.3. The number of carbonyl (C=O) groups is 1. The van der Waals surface area contributed by atoms with Crippen molar-refractivity contribution in [1.82, 2.24) is 4.90 Å². The number of piperidine rings is 1. The van der Waals surface area contributed by atoms with Crippen LogP contribution in [0.1, 0.15) is 30.1 Å². The van der Waals surface area contributed by atoms with Crippen LogP contribution in [0.5, 0.6) is 5.75 Å². The van der Waals surface area contributed by atoms with Crippen molar-refractivity contribution in [3.63, 3.8) is 0 Å². The van der Waals surface area contributed by atoms with Crippen LogP contribution in [0.25, 0.3) is 0 Å². The Labute approximate surface area is 139 Å². The Hall–Kier alpha value is -1.10. The minimum atomic E-state index is 0. The second kappa shape index (κ2) is 10.6. The lowest BCUT2D eigenvalue weighted by Gasteiger charge is -2.30. The second-order valence-electron chi connectivity index (χ2n) is 5.66. The molecule has 0 spiro atoms. The summed E-state index contributed by atoms with van der Waals surface area (Å²) in [4.78, 5) is 13.3. The average molecular weight is 328 g/mol. The minimum Gasteiger partial charge on any atom is -0.490 e. The van der Waals surface area contributed by atoms with Crippen molar-refractivity contribution in [3.05, 3.63) is 29.8 Å². The molecule has 1 aromatic carbocycles. The van der Waals surface area contributed by atoms with Crippen LogP contribution in [-0.4, -0.2) is 50.6 Å². The van der Waals surface area contributed by atoms with E-state index in [4.69, 9.17) is 9.47 Å². The zero-order valence-corrected chi connectivity index (χ0v) is 14.0. The smallest absolute Gasteiger partial charge is 0.153 e. The van der Waals surface area contributed by atoms with E-state index in [0.29, 0.717) is 24.5 Å². The number of benzene rings is 1. The molecule has 1 aliphatic heterocycles. The monoisotopic (exact) mass is 327 g/mol. The summed E-state index contributed by atoms with van der Waals surface area (Å²) in [5.74, 6) is 1.43. The lowest BCUT2D eigenvalue weighted by Crippen LogP contribution is -2.36. The zero-order chi connectivity index (χ0) is 14.9. The van der Waals surface area contributed by atoms with E-state index in [-0.39, 0.29) is 12.4 Å². The highest BCUT2D eigenvalue weighted by molar-refractivity contribution is 5.85. The average Bonchev–Trinajstić information content (AvgIpc) is 2.51. The fourth-order valence-electron chi connectivity index (χ4n) is 2.71. The molecular weight excluding hydrogens is 302 g/mol. The number of halogens is 1. The molecule has 0 aliphatic carbocycles. The standard InChI is InChI=1S/C17H25NO3.ClH/c1-15-5-4-8-18(13-15)9-10-20-11-12-21-17-7-3-2-6-16(17)14-19;/h2-3,6-7,14-15H,4-5,8-13H2,1H3;1H. The number of ether oxygens (including phenoxy) is 2. The highest BCUT2D eigenvalue weighted by atomic mass is 35.5. The quantitative estimate of drug-likeness (QED) is 0.543. The van der Waals surface area contributed by atoms with Gasteiger partial charge in [-0.3, -0.25) is 4.79 Å². The summed E-state index contributed by atoms with van der Waals surface area (Å²) in [7, 11) is 0. The highest BCUT2D eigenvalue weighted by Crippen LogP contribution is 2.16. The third kappa shape index (κ3) is 6.34. The number of aldehydes is 1. The van der Waals surface area contributed by atoms with Crippen LogP contribution in [-0.2, 0) is 4.74 Å². The number of likely N-dealkylation sites (tertiary alicyclic amines) is 1. The Morgan fingerprint density at radius 1 is 1.27 bits per heavy atom. The predicted molar refractivity (Wildman–Crippen MR) is 90.2 cm³/mol. The van der Waals surface area contributed by atoms with E-state index in [9.17, 15) is 4.79 Å². The van der Waals surface area contributed by atoms with Crippen molar-refractivity contribution in [2.24, 2.45) is 5.92 Å². The summed E-state index contributed by atoms with van der Waals surface area (Å²) in [5, 5.41) is 0. The summed E-state index contributed by atoms with van der Waals surface area (Å²) < 4.78 is 11.2. The van der Waals surface area contributed by atoms with Crippen LogP contribution in [0, 0.1) is 5.92 Å². The van der Waals surface area contributed by atoms with E-state index in [1.165, 1.54) is 25.9 Å². The highest BCUT2D eigenvalue weighted by Gasteiger charge is 2.15. The first-order valence-electron chi connectivity index (χ1n) is 7.76. The van der Waals surface area contributed by atoms with Gasteiger partial charge in [-0.1, -0.05) is 19.1 Å². The van der Waals surface area contributed by atoms with Gasteiger partial charge in [0.1, 0.15) is 12.4 Å². The third-order valence-corrected chi connectivity index (χ3v) is 3.82. The SMILES string of the molecule is CC1CCCN(CCOCCOc2ccccc2C=O)C1.Cl. The molecule has 5 heteroatoms. The number of nitrogens with zero attached hydrogens (tertiary/aromatic N) is 1. The van der Waals surface area contributed by atoms with E-state index in [1.807, 2.05) is 12.1 Å². The Morgan fingerprint density at radius 2 is 2.09 bits per heavy atom. The Bertz CT molecular complexity index is 442. The molecule has 1 unspecified atom stereocenters. The van der Waals surface area contributed by atoms with E-state index in [1.54, 1.807) is 12.1 Å². The van der Waals surface area contributed by atoms with E-state index >= 15 is 0 Å². The molecule has 0 amide bonds. The van der Waals surface area contributed by atoms with Crippen LogP contribution in [0.3, 0.4) is 0 Å². The molecular formula is C17H26ClNO3.